The minimum atomic E-state index is -0.290. The van der Waals surface area contributed by atoms with E-state index >= 15 is 0 Å². The van der Waals surface area contributed by atoms with Crippen molar-refractivity contribution in [2.24, 2.45) is 5.10 Å². The Morgan fingerprint density at radius 3 is 2.48 bits per heavy atom. The van der Waals surface area contributed by atoms with Crippen molar-refractivity contribution in [3.05, 3.63) is 95.6 Å². The normalized spacial score (nSPS) is 10.5. The average Bonchev–Trinajstić information content (AvgIpc) is 2.75. The lowest BCUT2D eigenvalue weighted by atomic mass is 10.2. The number of hydrogen-bond donors (Lipinski definition) is 2. The lowest BCUT2D eigenvalue weighted by Crippen LogP contribution is -2.20. The van der Waals surface area contributed by atoms with Gasteiger partial charge in [-0.1, -0.05) is 48.0 Å². The van der Waals surface area contributed by atoms with Crippen molar-refractivity contribution in [3.8, 4) is 5.75 Å². The number of ether oxygens (including phenoxy) is 1. The van der Waals surface area contributed by atoms with Crippen molar-refractivity contribution in [3.63, 3.8) is 0 Å². The molecule has 0 aliphatic carbocycles. The van der Waals surface area contributed by atoms with Gasteiger partial charge in [-0.05, 0) is 48.9 Å². The van der Waals surface area contributed by atoms with Crippen LogP contribution in [-0.2, 0) is 4.79 Å². The monoisotopic (exact) mass is 387 g/mol. The van der Waals surface area contributed by atoms with Crippen molar-refractivity contribution in [1.29, 1.82) is 0 Å². The summed E-state index contributed by atoms with van der Waals surface area (Å²) in [6.45, 7) is 1.87. The molecule has 0 fully saturated rings. The van der Waals surface area contributed by atoms with Crippen LogP contribution in [0.25, 0.3) is 0 Å². The smallest absolute Gasteiger partial charge is 0.271 e. The van der Waals surface area contributed by atoms with Gasteiger partial charge >= 0.3 is 0 Å². The van der Waals surface area contributed by atoms with E-state index in [9.17, 15) is 9.59 Å². The van der Waals surface area contributed by atoms with Crippen LogP contribution in [0, 0.1) is 6.92 Å². The summed E-state index contributed by atoms with van der Waals surface area (Å²) in [5, 5.41) is 6.74. The molecule has 0 atom stereocenters. The van der Waals surface area contributed by atoms with E-state index in [1.54, 1.807) is 42.5 Å². The van der Waals surface area contributed by atoms with Crippen LogP contribution in [0.1, 0.15) is 21.5 Å². The number of nitrogens with zero attached hydrogens (tertiary/aromatic N) is 1. The summed E-state index contributed by atoms with van der Waals surface area (Å²) < 4.78 is 5.54. The largest absolute Gasteiger partial charge is 0.484 e. The zero-order valence-electron chi connectivity index (χ0n) is 16.0. The topological polar surface area (TPSA) is 79.8 Å². The van der Waals surface area contributed by atoms with Crippen molar-refractivity contribution >= 4 is 23.7 Å². The molecule has 0 radical (unpaired) electrons. The van der Waals surface area contributed by atoms with Gasteiger partial charge in [0.05, 0.1) is 6.21 Å². The molecule has 0 aliphatic heterocycles. The van der Waals surface area contributed by atoms with Gasteiger partial charge in [0.25, 0.3) is 11.8 Å². The van der Waals surface area contributed by atoms with Crippen molar-refractivity contribution in [2.45, 2.75) is 6.92 Å². The van der Waals surface area contributed by atoms with Gasteiger partial charge in [0.2, 0.25) is 0 Å². The molecule has 6 heteroatoms. The number of hydrazone groups is 1. The number of carbonyl (C=O) groups excluding carboxylic acids is 2. The van der Waals surface area contributed by atoms with Crippen LogP contribution >= 0.6 is 0 Å². The quantitative estimate of drug-likeness (QED) is 0.478. The number of amides is 2. The van der Waals surface area contributed by atoms with Gasteiger partial charge in [-0.3, -0.25) is 9.59 Å². The molecule has 6 nitrogen and oxygen atoms in total. The minimum absolute atomic E-state index is 0.112. The molecular weight excluding hydrogens is 366 g/mol. The Morgan fingerprint density at radius 2 is 1.72 bits per heavy atom. The highest BCUT2D eigenvalue weighted by atomic mass is 16.5. The third kappa shape index (κ3) is 6.32. The fraction of sp³-hybridized carbons (Fsp3) is 0.0870. The molecule has 0 spiro atoms. The van der Waals surface area contributed by atoms with Crippen LogP contribution in [-0.4, -0.2) is 24.6 Å². The van der Waals surface area contributed by atoms with E-state index in [1.165, 1.54) is 6.21 Å². The molecule has 0 saturated heterocycles. The average molecular weight is 387 g/mol. The summed E-state index contributed by atoms with van der Waals surface area (Å²) in [5.41, 5.74) is 5.58. The Kier molecular flexibility index (Phi) is 6.73. The standard InChI is InChI=1S/C23H21N3O3/c1-17-10-12-20(13-11-17)25-22(27)16-29-21-9-5-6-18(14-21)15-24-26-23(28)19-7-3-2-4-8-19/h2-15H,16H2,1H3,(H,25,27)(H,26,28)/b24-15+. The fourth-order valence-corrected chi connectivity index (χ4v) is 2.49. The van der Waals surface area contributed by atoms with E-state index in [0.29, 0.717) is 11.3 Å². The van der Waals surface area contributed by atoms with Gasteiger partial charge in [0.1, 0.15) is 5.75 Å². The molecule has 0 saturated carbocycles. The lowest BCUT2D eigenvalue weighted by Gasteiger charge is -2.08. The molecule has 3 aromatic rings. The number of benzene rings is 3. The summed E-state index contributed by atoms with van der Waals surface area (Å²) in [7, 11) is 0. The highest BCUT2D eigenvalue weighted by molar-refractivity contribution is 5.95. The summed E-state index contributed by atoms with van der Waals surface area (Å²) >= 11 is 0. The molecule has 146 valence electrons. The van der Waals surface area contributed by atoms with E-state index in [-0.39, 0.29) is 18.4 Å². The molecule has 0 aromatic heterocycles. The fourth-order valence-electron chi connectivity index (χ4n) is 2.49. The Hall–Kier alpha value is -3.93. The second-order valence-corrected chi connectivity index (χ2v) is 6.34. The predicted octanol–water partition coefficient (Wildman–Crippen LogP) is 3.78. The van der Waals surface area contributed by atoms with E-state index < -0.39 is 0 Å². The maximum absolute atomic E-state index is 12.0. The van der Waals surface area contributed by atoms with Crippen molar-refractivity contribution in [2.75, 3.05) is 11.9 Å². The molecule has 0 heterocycles. The Balaban J connectivity index is 1.50. The zero-order chi connectivity index (χ0) is 20.5. The van der Waals surface area contributed by atoms with Crippen molar-refractivity contribution < 1.29 is 14.3 Å². The van der Waals surface area contributed by atoms with Crippen LogP contribution in [0.5, 0.6) is 5.75 Å². The highest BCUT2D eigenvalue weighted by Gasteiger charge is 2.05. The summed E-state index contributed by atoms with van der Waals surface area (Å²) in [4.78, 5) is 24.0. The molecule has 0 unspecified atom stereocenters. The molecule has 29 heavy (non-hydrogen) atoms. The highest BCUT2D eigenvalue weighted by Crippen LogP contribution is 2.13. The van der Waals surface area contributed by atoms with Gasteiger partial charge in [-0.25, -0.2) is 5.43 Å². The molecular formula is C23H21N3O3. The maximum Gasteiger partial charge on any atom is 0.271 e. The van der Waals surface area contributed by atoms with Crippen LogP contribution in [0.15, 0.2) is 84.0 Å². The van der Waals surface area contributed by atoms with Gasteiger partial charge in [-0.2, -0.15) is 5.10 Å². The maximum atomic E-state index is 12.0. The third-order valence-electron chi connectivity index (χ3n) is 3.98. The van der Waals surface area contributed by atoms with E-state index in [0.717, 1.165) is 16.8 Å². The van der Waals surface area contributed by atoms with Gasteiger partial charge < -0.3 is 10.1 Å². The first-order valence-electron chi connectivity index (χ1n) is 9.08. The van der Waals surface area contributed by atoms with E-state index in [4.69, 9.17) is 4.74 Å². The number of hydrogen-bond acceptors (Lipinski definition) is 4. The SMILES string of the molecule is Cc1ccc(NC(=O)COc2cccc(/C=N/NC(=O)c3ccccc3)c2)cc1. The molecule has 2 amide bonds. The van der Waals surface area contributed by atoms with Gasteiger partial charge in [0.15, 0.2) is 6.61 Å². The number of carbonyl (C=O) groups is 2. The van der Waals surface area contributed by atoms with Gasteiger partial charge in [0, 0.05) is 11.3 Å². The number of nitrogens with one attached hydrogen (secondary N) is 2. The first-order valence-corrected chi connectivity index (χ1v) is 9.08. The van der Waals surface area contributed by atoms with Crippen LogP contribution < -0.4 is 15.5 Å². The number of aryl methyl sites for hydroxylation is 1. The van der Waals surface area contributed by atoms with Crippen LogP contribution in [0.4, 0.5) is 5.69 Å². The number of anilines is 1. The molecule has 2 N–H and O–H groups in total. The summed E-state index contributed by atoms with van der Waals surface area (Å²) in [6, 6.07) is 23.5. The lowest BCUT2D eigenvalue weighted by molar-refractivity contribution is -0.118. The molecule has 0 bridgehead atoms. The molecule has 3 aromatic carbocycles. The second kappa shape index (κ2) is 9.85. The third-order valence-corrected chi connectivity index (χ3v) is 3.98. The zero-order valence-corrected chi connectivity index (χ0v) is 16.0. The first kappa shape index (κ1) is 19.8. The summed E-state index contributed by atoms with van der Waals surface area (Å²) in [5.74, 6) is -0.00697. The Bertz CT molecular complexity index is 999. The van der Waals surface area contributed by atoms with Gasteiger partial charge in [-0.15, -0.1) is 0 Å². The van der Waals surface area contributed by atoms with E-state index in [1.807, 2.05) is 43.3 Å². The summed E-state index contributed by atoms with van der Waals surface area (Å²) in [6.07, 6.45) is 1.51. The van der Waals surface area contributed by atoms with Crippen LogP contribution in [0.2, 0.25) is 0 Å². The Morgan fingerprint density at radius 1 is 0.966 bits per heavy atom. The first-order chi connectivity index (χ1) is 14.1. The van der Waals surface area contributed by atoms with E-state index in [2.05, 4.69) is 15.8 Å². The minimum Gasteiger partial charge on any atom is -0.484 e. The Labute approximate surface area is 169 Å². The second-order valence-electron chi connectivity index (χ2n) is 6.34. The number of rotatable bonds is 7. The molecule has 0 aliphatic rings. The predicted molar refractivity (Wildman–Crippen MR) is 113 cm³/mol. The molecule has 3 rings (SSSR count). The van der Waals surface area contributed by atoms with Crippen molar-refractivity contribution in [1.82, 2.24) is 5.43 Å². The van der Waals surface area contributed by atoms with Crippen LogP contribution in [0.3, 0.4) is 0 Å².